The van der Waals surface area contributed by atoms with E-state index in [0.29, 0.717) is 24.0 Å². The Hall–Kier alpha value is -1.71. The van der Waals surface area contributed by atoms with Gasteiger partial charge in [-0.25, -0.2) is 0 Å². The van der Waals surface area contributed by atoms with E-state index < -0.39 is 4.92 Å². The lowest BCUT2D eigenvalue weighted by Gasteiger charge is -2.31. The van der Waals surface area contributed by atoms with E-state index in [-0.39, 0.29) is 11.6 Å². The topological polar surface area (TPSA) is 60.2 Å². The summed E-state index contributed by atoms with van der Waals surface area (Å²) in [7, 11) is 0. The highest BCUT2D eigenvalue weighted by molar-refractivity contribution is 5.84. The summed E-state index contributed by atoms with van der Waals surface area (Å²) >= 11 is 0. The van der Waals surface area contributed by atoms with Gasteiger partial charge >= 0.3 is 0 Å². The summed E-state index contributed by atoms with van der Waals surface area (Å²) in [6.07, 6.45) is 5.56. The molecule has 4 heteroatoms. The molecule has 0 spiro atoms. The zero-order valence-electron chi connectivity index (χ0n) is 11.9. The average molecular weight is 285 g/mol. The van der Waals surface area contributed by atoms with Crippen molar-refractivity contribution in [2.24, 2.45) is 29.6 Å². The maximum absolute atomic E-state index is 12.7. The number of ketones is 1. The number of carbonyl (C=O) groups excluding carboxylic acids is 1. The molecular formula is C17H19NO3. The maximum atomic E-state index is 12.7. The molecule has 1 aromatic carbocycles. The molecule has 0 heterocycles. The van der Waals surface area contributed by atoms with Gasteiger partial charge in [-0.3, -0.25) is 14.9 Å². The van der Waals surface area contributed by atoms with Gasteiger partial charge in [0.1, 0.15) is 5.78 Å². The molecule has 4 saturated carbocycles. The summed E-state index contributed by atoms with van der Waals surface area (Å²) in [5, 5.41) is 10.7. The van der Waals surface area contributed by atoms with Crippen LogP contribution < -0.4 is 0 Å². The summed E-state index contributed by atoms with van der Waals surface area (Å²) in [5.41, 5.74) is 0.993. The van der Waals surface area contributed by atoms with Gasteiger partial charge in [-0.2, -0.15) is 0 Å². The van der Waals surface area contributed by atoms with Gasteiger partial charge in [0, 0.05) is 24.5 Å². The van der Waals surface area contributed by atoms with Crippen molar-refractivity contribution in [1.82, 2.24) is 0 Å². The van der Waals surface area contributed by atoms with E-state index in [1.165, 1.54) is 37.8 Å². The first-order valence-corrected chi connectivity index (χ1v) is 7.88. The Morgan fingerprint density at radius 1 is 1.10 bits per heavy atom. The van der Waals surface area contributed by atoms with Gasteiger partial charge in [-0.05, 0) is 54.9 Å². The first kappa shape index (κ1) is 13.0. The number of non-ortho nitro benzene ring substituents is 1. The fourth-order valence-electron chi connectivity index (χ4n) is 5.29. The number of rotatable bonds is 4. The Morgan fingerprint density at radius 2 is 1.81 bits per heavy atom. The Balaban J connectivity index is 1.47. The van der Waals surface area contributed by atoms with E-state index in [9.17, 15) is 14.9 Å². The predicted octanol–water partition coefficient (Wildman–Crippen LogP) is 3.39. The first-order chi connectivity index (χ1) is 10.1. The van der Waals surface area contributed by atoms with Crippen LogP contribution in [0.3, 0.4) is 0 Å². The standard InChI is InChI=1S/C17H19NO3/c19-16(8-10-1-3-14(4-2-10)18(20)21)17-13-6-11-5-12(9-13)15(17)7-11/h1-4,11-13,15,17H,5-9H2. The summed E-state index contributed by atoms with van der Waals surface area (Å²) in [6, 6.07) is 6.44. The fourth-order valence-corrected chi connectivity index (χ4v) is 5.29. The molecule has 1 aromatic rings. The lowest BCUT2D eigenvalue weighted by atomic mass is 9.73. The Kier molecular flexibility index (Phi) is 2.88. The molecule has 5 atom stereocenters. The molecule has 0 aromatic heterocycles. The Bertz CT molecular complexity index is 591. The quantitative estimate of drug-likeness (QED) is 0.629. The second kappa shape index (κ2) is 4.65. The predicted molar refractivity (Wildman–Crippen MR) is 77.7 cm³/mol. The molecular weight excluding hydrogens is 266 g/mol. The van der Waals surface area contributed by atoms with E-state index in [1.807, 2.05) is 0 Å². The van der Waals surface area contributed by atoms with Crippen molar-refractivity contribution in [3.8, 4) is 0 Å². The van der Waals surface area contributed by atoms with Crippen molar-refractivity contribution >= 4 is 11.5 Å². The van der Waals surface area contributed by atoms with Gasteiger partial charge < -0.3 is 0 Å². The van der Waals surface area contributed by atoms with Crippen molar-refractivity contribution < 1.29 is 9.72 Å². The van der Waals surface area contributed by atoms with Crippen LogP contribution in [0.25, 0.3) is 0 Å². The van der Waals surface area contributed by atoms with Crippen molar-refractivity contribution in [2.45, 2.75) is 32.1 Å². The van der Waals surface area contributed by atoms with E-state index in [2.05, 4.69) is 0 Å². The normalized spacial score (nSPS) is 36.1. The SMILES string of the molecule is O=C(Cc1ccc([N+](=O)[O-])cc1)C1C2CC3CC(C2)C1C3. The highest BCUT2D eigenvalue weighted by Gasteiger charge is 2.55. The molecule has 21 heavy (non-hydrogen) atoms. The minimum atomic E-state index is -0.403. The number of hydrogen-bond acceptors (Lipinski definition) is 3. The van der Waals surface area contributed by atoms with Gasteiger partial charge in [-0.15, -0.1) is 0 Å². The molecule has 0 amide bonds. The van der Waals surface area contributed by atoms with E-state index in [4.69, 9.17) is 0 Å². The molecule has 5 rings (SSSR count). The molecule has 4 bridgehead atoms. The van der Waals surface area contributed by atoms with E-state index >= 15 is 0 Å². The number of hydrogen-bond donors (Lipinski definition) is 0. The summed E-state index contributed by atoms with van der Waals surface area (Å²) in [5.74, 6) is 3.59. The summed E-state index contributed by atoms with van der Waals surface area (Å²) < 4.78 is 0. The zero-order chi connectivity index (χ0) is 14.6. The minimum Gasteiger partial charge on any atom is -0.299 e. The van der Waals surface area contributed by atoms with Crippen molar-refractivity contribution in [2.75, 3.05) is 0 Å². The van der Waals surface area contributed by atoms with Gasteiger partial charge in [0.15, 0.2) is 0 Å². The van der Waals surface area contributed by atoms with Crippen molar-refractivity contribution in [1.29, 1.82) is 0 Å². The fraction of sp³-hybridized carbons (Fsp3) is 0.588. The third-order valence-corrected chi connectivity index (χ3v) is 5.96. The van der Waals surface area contributed by atoms with Crippen LogP contribution in [-0.2, 0) is 11.2 Å². The van der Waals surface area contributed by atoms with Crippen LogP contribution in [0.1, 0.15) is 31.2 Å². The molecule has 4 nitrogen and oxygen atoms in total. The highest BCUT2D eigenvalue weighted by Crippen LogP contribution is 2.61. The molecule has 0 radical (unpaired) electrons. The first-order valence-electron chi connectivity index (χ1n) is 7.88. The smallest absolute Gasteiger partial charge is 0.269 e. The molecule has 4 aliphatic rings. The number of nitro groups is 1. The van der Waals surface area contributed by atoms with Gasteiger partial charge in [0.25, 0.3) is 5.69 Å². The van der Waals surface area contributed by atoms with Crippen molar-refractivity contribution in [3.05, 3.63) is 39.9 Å². The zero-order valence-corrected chi connectivity index (χ0v) is 11.9. The van der Waals surface area contributed by atoms with Crippen LogP contribution in [-0.4, -0.2) is 10.7 Å². The maximum Gasteiger partial charge on any atom is 0.269 e. The Morgan fingerprint density at radius 3 is 2.48 bits per heavy atom. The molecule has 0 saturated heterocycles. The van der Waals surface area contributed by atoms with Gasteiger partial charge in [0.05, 0.1) is 4.92 Å². The van der Waals surface area contributed by atoms with Crippen LogP contribution in [0.15, 0.2) is 24.3 Å². The summed E-state index contributed by atoms with van der Waals surface area (Å²) in [6.45, 7) is 0. The second-order valence-electron chi connectivity index (χ2n) is 7.09. The third-order valence-electron chi connectivity index (χ3n) is 5.96. The molecule has 0 N–H and O–H groups in total. The number of nitro benzene ring substituents is 1. The molecule has 4 aliphatic carbocycles. The van der Waals surface area contributed by atoms with Crippen LogP contribution in [0.5, 0.6) is 0 Å². The lowest BCUT2D eigenvalue weighted by Crippen LogP contribution is -2.30. The molecule has 110 valence electrons. The number of carbonyl (C=O) groups is 1. The lowest BCUT2D eigenvalue weighted by molar-refractivity contribution is -0.384. The number of benzene rings is 1. The number of Topliss-reactive ketones (excluding diaryl/α,β-unsaturated/α-hetero) is 1. The van der Waals surface area contributed by atoms with Gasteiger partial charge in [0.2, 0.25) is 0 Å². The Labute approximate surface area is 123 Å². The molecule has 5 unspecified atom stereocenters. The molecule has 4 fully saturated rings. The summed E-state index contributed by atoms with van der Waals surface area (Å²) in [4.78, 5) is 22.9. The highest BCUT2D eigenvalue weighted by atomic mass is 16.6. The largest absolute Gasteiger partial charge is 0.299 e. The van der Waals surface area contributed by atoms with E-state index in [1.54, 1.807) is 12.1 Å². The van der Waals surface area contributed by atoms with Crippen LogP contribution >= 0.6 is 0 Å². The molecule has 0 aliphatic heterocycles. The minimum absolute atomic E-state index is 0.0877. The third kappa shape index (κ3) is 2.08. The number of nitrogens with zero attached hydrogens (tertiary/aromatic N) is 1. The van der Waals surface area contributed by atoms with E-state index in [0.717, 1.165) is 17.4 Å². The van der Waals surface area contributed by atoms with Crippen LogP contribution in [0.4, 0.5) is 5.69 Å². The van der Waals surface area contributed by atoms with Crippen LogP contribution in [0, 0.1) is 39.7 Å². The van der Waals surface area contributed by atoms with Crippen LogP contribution in [0.2, 0.25) is 0 Å². The monoisotopic (exact) mass is 285 g/mol. The van der Waals surface area contributed by atoms with Gasteiger partial charge in [-0.1, -0.05) is 12.1 Å². The average Bonchev–Trinajstić information content (AvgIpc) is 2.87. The van der Waals surface area contributed by atoms with Crippen molar-refractivity contribution in [3.63, 3.8) is 0 Å². The second-order valence-corrected chi connectivity index (χ2v) is 7.09.